The predicted octanol–water partition coefficient (Wildman–Crippen LogP) is 2.62. The normalized spacial score (nSPS) is 26.0. The van der Waals surface area contributed by atoms with Gasteiger partial charge in [-0.3, -0.25) is 4.79 Å². The Labute approximate surface area is 145 Å². The fourth-order valence-electron chi connectivity index (χ4n) is 4.93. The Morgan fingerprint density at radius 1 is 1.29 bits per heavy atom. The summed E-state index contributed by atoms with van der Waals surface area (Å²) >= 11 is 0. The first kappa shape index (κ1) is 15.8. The third-order valence-electron chi connectivity index (χ3n) is 6.57. The number of carbonyl (C=O) groups is 1. The maximum absolute atomic E-state index is 12.9. The Morgan fingerprint density at radius 2 is 2.00 bits per heavy atom. The molecule has 1 amide bonds. The van der Waals surface area contributed by atoms with Crippen LogP contribution in [-0.2, 0) is 6.54 Å². The van der Waals surface area contributed by atoms with E-state index in [0.29, 0.717) is 5.41 Å². The average Bonchev–Trinajstić information content (AvgIpc) is 3.02. The number of fused-ring (bicyclic) bond motifs is 4. The van der Waals surface area contributed by atoms with Crippen LogP contribution in [0.2, 0.25) is 0 Å². The third kappa shape index (κ3) is 2.56. The van der Waals surface area contributed by atoms with Crippen molar-refractivity contribution in [1.29, 1.82) is 0 Å². The summed E-state index contributed by atoms with van der Waals surface area (Å²) in [4.78, 5) is 12.9. The monoisotopic (exact) mass is 322 g/mol. The van der Waals surface area contributed by atoms with Gasteiger partial charge in [-0.25, -0.2) is 0 Å². The highest BCUT2D eigenvalue weighted by Gasteiger charge is 2.40. The van der Waals surface area contributed by atoms with E-state index in [2.05, 4.69) is 42.9 Å². The Morgan fingerprint density at radius 3 is 2.67 bits per heavy atom. The second kappa shape index (κ2) is 5.98. The molecule has 0 aliphatic heterocycles. The lowest BCUT2D eigenvalue weighted by atomic mass is 9.61. The molecule has 1 N–H and O–H groups in total. The molecular weight excluding hydrogens is 295 g/mol. The van der Waals surface area contributed by atoms with Gasteiger partial charge in [-0.2, -0.15) is 0 Å². The second-order valence-electron chi connectivity index (χ2n) is 7.96. The number of nitrogens with one attached hydrogen (secondary N) is 1. The minimum absolute atomic E-state index is 0.101. The number of amides is 1. The number of benzene rings is 1. The van der Waals surface area contributed by atoms with Crippen molar-refractivity contribution in [3.63, 3.8) is 0 Å². The highest BCUT2D eigenvalue weighted by Crippen LogP contribution is 2.49. The SMILES string of the molecule is Bc1cccc2c1c(C(=O)NCC13CCC(CC1)CC3)cn2CC. The van der Waals surface area contributed by atoms with Gasteiger partial charge in [0.05, 0.1) is 5.56 Å². The van der Waals surface area contributed by atoms with E-state index >= 15 is 0 Å². The fraction of sp³-hybridized carbons (Fsp3) is 0.550. The third-order valence-corrected chi connectivity index (χ3v) is 6.57. The molecule has 3 aliphatic rings. The van der Waals surface area contributed by atoms with E-state index in [4.69, 9.17) is 0 Å². The summed E-state index contributed by atoms with van der Waals surface area (Å²) in [7, 11) is 2.10. The zero-order valence-electron chi connectivity index (χ0n) is 14.9. The van der Waals surface area contributed by atoms with Gasteiger partial charge in [0, 0.05) is 30.2 Å². The van der Waals surface area contributed by atoms with E-state index in [-0.39, 0.29) is 5.91 Å². The molecule has 1 heterocycles. The summed E-state index contributed by atoms with van der Waals surface area (Å²) in [6, 6.07) is 6.29. The summed E-state index contributed by atoms with van der Waals surface area (Å²) in [5.74, 6) is 1.07. The maximum Gasteiger partial charge on any atom is 0.253 e. The van der Waals surface area contributed by atoms with Crippen LogP contribution in [0.15, 0.2) is 24.4 Å². The van der Waals surface area contributed by atoms with Gasteiger partial charge in [-0.1, -0.05) is 17.6 Å². The molecule has 1 aromatic heterocycles. The molecule has 0 atom stereocenters. The molecule has 24 heavy (non-hydrogen) atoms. The van der Waals surface area contributed by atoms with E-state index in [1.54, 1.807) is 0 Å². The lowest BCUT2D eigenvalue weighted by Crippen LogP contribution is -2.43. The van der Waals surface area contributed by atoms with Gasteiger partial charge >= 0.3 is 0 Å². The molecule has 0 spiro atoms. The van der Waals surface area contributed by atoms with E-state index in [1.165, 1.54) is 49.5 Å². The first-order valence-corrected chi connectivity index (χ1v) is 9.48. The molecule has 0 unspecified atom stereocenters. The lowest BCUT2D eigenvalue weighted by Gasteiger charge is -2.46. The summed E-state index contributed by atoms with van der Waals surface area (Å²) in [6.07, 6.45) is 10.0. The molecule has 1 aromatic carbocycles. The molecule has 3 saturated carbocycles. The number of hydrogen-bond donors (Lipinski definition) is 1. The van der Waals surface area contributed by atoms with Crippen LogP contribution in [0, 0.1) is 11.3 Å². The van der Waals surface area contributed by atoms with Crippen LogP contribution in [-0.4, -0.2) is 24.9 Å². The molecular formula is C20H27BN2O. The van der Waals surface area contributed by atoms with Crippen molar-refractivity contribution in [2.45, 2.75) is 52.0 Å². The topological polar surface area (TPSA) is 34.0 Å². The standard InChI is InChI=1S/C20H27BN2O/c1-2-23-12-15(18-16(21)4-3-5-17(18)23)19(24)22-13-20-9-6-14(7-10-20)8-11-20/h3-5,12,14H,2,6-11,13,21H2,1H3,(H,22,24). The fourth-order valence-corrected chi connectivity index (χ4v) is 4.93. The molecule has 3 aliphatic carbocycles. The van der Waals surface area contributed by atoms with E-state index in [1.807, 2.05) is 6.20 Å². The number of hydrogen-bond acceptors (Lipinski definition) is 1. The Bertz CT molecular complexity index is 758. The van der Waals surface area contributed by atoms with E-state index < -0.39 is 0 Å². The van der Waals surface area contributed by atoms with Crippen molar-refractivity contribution in [2.75, 3.05) is 6.54 Å². The van der Waals surface area contributed by atoms with Gasteiger partial charge in [0.2, 0.25) is 0 Å². The smallest absolute Gasteiger partial charge is 0.253 e. The van der Waals surface area contributed by atoms with Gasteiger partial charge in [0.15, 0.2) is 0 Å². The van der Waals surface area contributed by atoms with Crippen LogP contribution in [0.1, 0.15) is 55.8 Å². The van der Waals surface area contributed by atoms with Crippen LogP contribution in [0.25, 0.3) is 10.9 Å². The highest BCUT2D eigenvalue weighted by atomic mass is 16.1. The van der Waals surface area contributed by atoms with E-state index in [0.717, 1.165) is 30.0 Å². The molecule has 3 nitrogen and oxygen atoms in total. The predicted molar refractivity (Wildman–Crippen MR) is 102 cm³/mol. The first-order valence-electron chi connectivity index (χ1n) is 9.48. The number of carbonyl (C=O) groups excluding carboxylic acids is 1. The van der Waals surface area contributed by atoms with Crippen molar-refractivity contribution in [1.82, 2.24) is 9.88 Å². The van der Waals surface area contributed by atoms with Gasteiger partial charge in [-0.15, -0.1) is 0 Å². The van der Waals surface area contributed by atoms with Crippen LogP contribution < -0.4 is 10.8 Å². The van der Waals surface area contributed by atoms with E-state index in [9.17, 15) is 4.79 Å². The summed E-state index contributed by atoms with van der Waals surface area (Å²) in [6.45, 7) is 3.87. The van der Waals surface area contributed by atoms with Gasteiger partial charge in [-0.05, 0) is 62.8 Å². The Kier molecular flexibility index (Phi) is 3.94. The quantitative estimate of drug-likeness (QED) is 0.863. The molecule has 0 radical (unpaired) electrons. The zero-order chi connectivity index (χ0) is 16.7. The maximum atomic E-state index is 12.9. The second-order valence-corrected chi connectivity index (χ2v) is 7.96. The molecule has 4 heteroatoms. The average molecular weight is 322 g/mol. The molecule has 2 bridgehead atoms. The van der Waals surface area contributed by atoms with Crippen molar-refractivity contribution in [2.24, 2.45) is 11.3 Å². The molecule has 2 aromatic rings. The van der Waals surface area contributed by atoms with Gasteiger partial charge in [0.25, 0.3) is 5.91 Å². The van der Waals surface area contributed by atoms with Crippen molar-refractivity contribution in [3.05, 3.63) is 30.0 Å². The van der Waals surface area contributed by atoms with Crippen LogP contribution in [0.3, 0.4) is 0 Å². The minimum atomic E-state index is 0.101. The number of rotatable bonds is 4. The molecule has 126 valence electrons. The highest BCUT2D eigenvalue weighted by molar-refractivity contribution is 6.40. The Balaban J connectivity index is 1.57. The van der Waals surface area contributed by atoms with Gasteiger partial charge < -0.3 is 9.88 Å². The zero-order valence-corrected chi connectivity index (χ0v) is 14.9. The summed E-state index contributed by atoms with van der Waals surface area (Å²) in [5, 5.41) is 4.40. The van der Waals surface area contributed by atoms with Crippen molar-refractivity contribution in [3.8, 4) is 0 Å². The summed E-state index contributed by atoms with van der Waals surface area (Å²) in [5.41, 5.74) is 3.56. The number of aromatic nitrogens is 1. The molecule has 0 saturated heterocycles. The summed E-state index contributed by atoms with van der Waals surface area (Å²) < 4.78 is 2.18. The molecule has 5 rings (SSSR count). The van der Waals surface area contributed by atoms with Crippen molar-refractivity contribution >= 4 is 30.1 Å². The number of nitrogens with zero attached hydrogens (tertiary/aromatic N) is 1. The van der Waals surface area contributed by atoms with Crippen LogP contribution in [0.4, 0.5) is 0 Å². The molecule has 3 fully saturated rings. The first-order chi connectivity index (χ1) is 11.6. The lowest BCUT2D eigenvalue weighted by molar-refractivity contribution is 0.0598. The Hall–Kier alpha value is -1.71. The largest absolute Gasteiger partial charge is 0.351 e. The minimum Gasteiger partial charge on any atom is -0.351 e. The van der Waals surface area contributed by atoms with Crippen molar-refractivity contribution < 1.29 is 4.79 Å². The van der Waals surface area contributed by atoms with Crippen LogP contribution in [0.5, 0.6) is 0 Å². The number of aryl methyl sites for hydroxylation is 1. The van der Waals surface area contributed by atoms with Gasteiger partial charge in [0.1, 0.15) is 7.85 Å². The van der Waals surface area contributed by atoms with Crippen LogP contribution >= 0.6 is 0 Å².